The third-order valence-electron chi connectivity index (χ3n) is 12.4. The molecule has 0 aliphatic rings. The van der Waals surface area contributed by atoms with E-state index in [1.807, 2.05) is 18.2 Å². The average molecular weight is 849 g/mol. The molecule has 7 heteroatoms. The number of hydrogen-bond acceptors (Lipinski definition) is 5. The Bertz CT molecular complexity index is 3810. The zero-order valence-electron chi connectivity index (χ0n) is 34.9. The Labute approximate surface area is 378 Å². The first-order valence-corrected chi connectivity index (χ1v) is 22.5. The lowest BCUT2D eigenvalue weighted by Gasteiger charge is -2.14. The van der Waals surface area contributed by atoms with Gasteiger partial charge in [-0.1, -0.05) is 194 Å². The van der Waals surface area contributed by atoms with Crippen molar-refractivity contribution in [3.63, 3.8) is 0 Å². The topological polar surface area (TPSA) is 61.4 Å². The summed E-state index contributed by atoms with van der Waals surface area (Å²) >= 11 is 1.73. The van der Waals surface area contributed by atoms with Gasteiger partial charge in [0.05, 0.1) is 38.0 Å². The minimum Gasteiger partial charge on any atom is -0.306 e. The van der Waals surface area contributed by atoms with E-state index in [1.54, 1.807) is 11.3 Å². The molecule has 0 bridgehead atoms. The molecule has 4 aromatic heterocycles. The molecule has 13 aromatic rings. The molecule has 65 heavy (non-hydrogen) atoms. The molecule has 0 radical (unpaired) electrons. The Kier molecular flexibility index (Phi) is 8.60. The van der Waals surface area contributed by atoms with Crippen LogP contribution in [0, 0.1) is 0 Å². The van der Waals surface area contributed by atoms with Crippen LogP contribution < -0.4 is 0 Å². The van der Waals surface area contributed by atoms with Crippen LogP contribution in [0.15, 0.2) is 218 Å². The zero-order chi connectivity index (χ0) is 42.8. The maximum atomic E-state index is 5.41. The highest BCUT2D eigenvalue weighted by Gasteiger charge is 2.25. The summed E-state index contributed by atoms with van der Waals surface area (Å²) in [6.07, 6.45) is 0. The minimum absolute atomic E-state index is 0.544. The van der Waals surface area contributed by atoms with Crippen molar-refractivity contribution in [2.24, 2.45) is 0 Å². The van der Waals surface area contributed by atoms with E-state index in [-0.39, 0.29) is 0 Å². The standard InChI is InChI=1S/C58H36N6S/c1-4-15-37(16-5-1)39-27-31-41(32-28-39)55-60-56(42-33-29-40(30-34-42)38-17-6-2-7-18-38)62-58(61-55)64-50-25-13-11-22-45(50)47-36-35-46-44-21-10-12-24-49(44)63(52(46)53(47)64)51-26-14-23-48-54(51)65-57(59-48)43-19-8-3-9-20-43/h1-36H. The first kappa shape index (κ1) is 37.1. The highest BCUT2D eigenvalue weighted by atomic mass is 32.1. The lowest BCUT2D eigenvalue weighted by molar-refractivity contribution is 0.953. The van der Waals surface area contributed by atoms with Crippen LogP contribution in [-0.2, 0) is 0 Å². The average Bonchev–Trinajstić information content (AvgIpc) is 4.08. The van der Waals surface area contributed by atoms with Crippen LogP contribution in [0.4, 0.5) is 0 Å². The van der Waals surface area contributed by atoms with E-state index in [2.05, 4.69) is 209 Å². The lowest BCUT2D eigenvalue weighted by Crippen LogP contribution is -2.07. The van der Waals surface area contributed by atoms with Gasteiger partial charge in [0.1, 0.15) is 5.01 Å². The van der Waals surface area contributed by atoms with E-state index in [9.17, 15) is 0 Å². The summed E-state index contributed by atoms with van der Waals surface area (Å²) in [7, 11) is 0. The molecule has 0 saturated heterocycles. The molecule has 0 aliphatic carbocycles. The van der Waals surface area contributed by atoms with E-state index in [0.29, 0.717) is 17.6 Å². The Hall–Kier alpha value is -8.52. The van der Waals surface area contributed by atoms with E-state index in [4.69, 9.17) is 19.9 Å². The highest BCUT2D eigenvalue weighted by molar-refractivity contribution is 7.22. The fourth-order valence-electron chi connectivity index (χ4n) is 9.38. The van der Waals surface area contributed by atoms with E-state index in [1.165, 1.54) is 5.39 Å². The van der Waals surface area contributed by atoms with Crippen molar-refractivity contribution in [1.82, 2.24) is 29.1 Å². The maximum absolute atomic E-state index is 5.41. The monoisotopic (exact) mass is 848 g/mol. The number of thiazole rings is 1. The first-order chi connectivity index (χ1) is 32.2. The smallest absolute Gasteiger partial charge is 0.238 e. The van der Waals surface area contributed by atoms with Gasteiger partial charge < -0.3 is 4.57 Å². The van der Waals surface area contributed by atoms with Crippen molar-refractivity contribution in [3.05, 3.63) is 218 Å². The molecule has 0 amide bonds. The van der Waals surface area contributed by atoms with Gasteiger partial charge in [0, 0.05) is 38.2 Å². The molecule has 0 fully saturated rings. The van der Waals surface area contributed by atoms with Crippen molar-refractivity contribution in [2.75, 3.05) is 0 Å². The summed E-state index contributed by atoms with van der Waals surface area (Å²) < 4.78 is 5.82. The van der Waals surface area contributed by atoms with Gasteiger partial charge in [0.25, 0.3) is 0 Å². The Morgan fingerprint density at radius 3 is 1.31 bits per heavy atom. The number of para-hydroxylation sites is 2. The second kappa shape index (κ2) is 15.1. The molecule has 13 rings (SSSR count). The molecule has 0 saturated carbocycles. The summed E-state index contributed by atoms with van der Waals surface area (Å²) in [6.45, 7) is 0. The molecule has 0 aliphatic heterocycles. The Balaban J connectivity index is 1.09. The largest absolute Gasteiger partial charge is 0.306 e. The molecule has 4 heterocycles. The predicted octanol–water partition coefficient (Wildman–Crippen LogP) is 15.0. The molecule has 6 nitrogen and oxygen atoms in total. The van der Waals surface area contributed by atoms with Gasteiger partial charge in [-0.05, 0) is 46.5 Å². The number of nitrogens with zero attached hydrogens (tertiary/aromatic N) is 6. The summed E-state index contributed by atoms with van der Waals surface area (Å²) in [4.78, 5) is 21.2. The van der Waals surface area contributed by atoms with Crippen LogP contribution in [0.5, 0.6) is 0 Å². The zero-order valence-corrected chi connectivity index (χ0v) is 35.7. The number of fused-ring (bicyclic) bond motifs is 8. The van der Waals surface area contributed by atoms with Crippen molar-refractivity contribution in [3.8, 4) is 67.2 Å². The van der Waals surface area contributed by atoms with Gasteiger partial charge in [-0.2, -0.15) is 9.97 Å². The molecule has 304 valence electrons. The van der Waals surface area contributed by atoms with Crippen molar-refractivity contribution >= 4 is 65.2 Å². The predicted molar refractivity (Wildman–Crippen MR) is 269 cm³/mol. The number of hydrogen-bond donors (Lipinski definition) is 0. The molecule has 0 N–H and O–H groups in total. The van der Waals surface area contributed by atoms with Gasteiger partial charge in [0.2, 0.25) is 5.95 Å². The third kappa shape index (κ3) is 6.16. The van der Waals surface area contributed by atoms with E-state index < -0.39 is 0 Å². The van der Waals surface area contributed by atoms with Crippen LogP contribution in [0.2, 0.25) is 0 Å². The van der Waals surface area contributed by atoms with Crippen LogP contribution in [0.1, 0.15) is 0 Å². The van der Waals surface area contributed by atoms with Crippen LogP contribution in [0.25, 0.3) is 121 Å². The summed E-state index contributed by atoms with van der Waals surface area (Å²) in [5, 5.41) is 5.53. The number of aromatic nitrogens is 6. The molecule has 0 atom stereocenters. The van der Waals surface area contributed by atoms with Gasteiger partial charge in [-0.25, -0.2) is 9.97 Å². The highest BCUT2D eigenvalue weighted by Crippen LogP contribution is 2.44. The molecule has 9 aromatic carbocycles. The number of rotatable bonds is 7. The van der Waals surface area contributed by atoms with Crippen LogP contribution >= 0.6 is 11.3 Å². The maximum Gasteiger partial charge on any atom is 0.238 e. The third-order valence-corrected chi connectivity index (χ3v) is 13.6. The fraction of sp³-hybridized carbons (Fsp3) is 0. The van der Waals surface area contributed by atoms with E-state index in [0.717, 1.165) is 98.1 Å². The molecular formula is C58H36N6S. The van der Waals surface area contributed by atoms with Crippen molar-refractivity contribution in [1.29, 1.82) is 0 Å². The van der Waals surface area contributed by atoms with Gasteiger partial charge in [-0.3, -0.25) is 4.57 Å². The quantitative estimate of drug-likeness (QED) is 0.160. The van der Waals surface area contributed by atoms with Gasteiger partial charge >= 0.3 is 0 Å². The normalized spacial score (nSPS) is 11.7. The van der Waals surface area contributed by atoms with Crippen LogP contribution in [-0.4, -0.2) is 29.1 Å². The van der Waals surface area contributed by atoms with Crippen LogP contribution in [0.3, 0.4) is 0 Å². The van der Waals surface area contributed by atoms with Crippen molar-refractivity contribution < 1.29 is 0 Å². The SMILES string of the molecule is c1ccc(-c2ccc(-c3nc(-c4ccc(-c5ccccc5)cc4)nc(-n4c5ccccc5c5ccc6c7ccccc7n(-c7cccc8nc(-c9ccccc9)sc78)c6c54)n3)cc2)cc1. The molecule has 0 unspecified atom stereocenters. The Morgan fingerprint density at radius 2 is 0.754 bits per heavy atom. The summed E-state index contributed by atoms with van der Waals surface area (Å²) in [6, 6.07) is 76.7. The lowest BCUT2D eigenvalue weighted by atomic mass is 10.0. The Morgan fingerprint density at radius 1 is 0.308 bits per heavy atom. The minimum atomic E-state index is 0.544. The summed E-state index contributed by atoms with van der Waals surface area (Å²) in [5.74, 6) is 1.73. The summed E-state index contributed by atoms with van der Waals surface area (Å²) in [5.41, 5.74) is 13.7. The first-order valence-electron chi connectivity index (χ1n) is 21.7. The van der Waals surface area contributed by atoms with Gasteiger partial charge in [-0.15, -0.1) is 11.3 Å². The fourth-order valence-corrected chi connectivity index (χ4v) is 10.5. The van der Waals surface area contributed by atoms with Gasteiger partial charge in [0.15, 0.2) is 11.6 Å². The molecular weight excluding hydrogens is 813 g/mol. The van der Waals surface area contributed by atoms with Crippen molar-refractivity contribution in [2.45, 2.75) is 0 Å². The second-order valence-corrected chi connectivity index (χ2v) is 17.2. The number of benzene rings is 9. The second-order valence-electron chi connectivity index (χ2n) is 16.2. The molecule has 0 spiro atoms. The van der Waals surface area contributed by atoms with E-state index >= 15 is 0 Å².